The van der Waals surface area contributed by atoms with Crippen molar-refractivity contribution in [2.75, 3.05) is 26.2 Å². The van der Waals surface area contributed by atoms with Crippen LogP contribution in [0.4, 0.5) is 0 Å². The summed E-state index contributed by atoms with van der Waals surface area (Å²) in [6, 6.07) is 26.1. The molecular formula is C30H35BrClN3O3S. The predicted octanol–water partition coefficient (Wildman–Crippen LogP) is 5.80. The Hall–Kier alpha value is -2.23. The number of nitrogens with zero attached hydrogens (tertiary/aromatic N) is 2. The summed E-state index contributed by atoms with van der Waals surface area (Å²) in [7, 11) is -3.64. The Balaban J connectivity index is 0.00000353. The van der Waals surface area contributed by atoms with Crippen LogP contribution in [0.2, 0.25) is 0 Å². The zero-order chi connectivity index (χ0) is 26.6. The third-order valence-corrected chi connectivity index (χ3v) is 10.0. The minimum atomic E-state index is -3.64. The Morgan fingerprint density at radius 3 is 2.08 bits per heavy atom. The normalized spacial score (nSPS) is 18.2. The van der Waals surface area contributed by atoms with Gasteiger partial charge in [-0.1, -0.05) is 76.6 Å². The van der Waals surface area contributed by atoms with Crippen molar-refractivity contribution in [3.8, 4) is 0 Å². The summed E-state index contributed by atoms with van der Waals surface area (Å²) in [5.74, 6) is 0.290. The Labute approximate surface area is 246 Å². The summed E-state index contributed by atoms with van der Waals surface area (Å²) in [5, 5.41) is 0. The van der Waals surface area contributed by atoms with Gasteiger partial charge in [0.05, 0.1) is 10.3 Å². The number of piperidine rings is 1. The number of hydrogen-bond donors (Lipinski definition) is 1. The molecule has 6 nitrogen and oxygen atoms in total. The molecular weight excluding hydrogens is 598 g/mol. The molecule has 1 unspecified atom stereocenters. The first-order valence-corrected chi connectivity index (χ1v) is 15.5. The standard InChI is InChI=1S/C30H34BrN3O3S.ClH/c31-26-13-11-24(12-14-26)23-34-22-18-30(29(34)35)16-20-33(21-17-30)19-15-28(25-7-3-1-4-8-25)32-38(36,37)27-9-5-2-6-10-27;/h1-14,28,32H,15-23H2;1H. The van der Waals surface area contributed by atoms with Crippen molar-refractivity contribution in [2.45, 2.75) is 43.2 Å². The fourth-order valence-corrected chi connectivity index (χ4v) is 7.21. The topological polar surface area (TPSA) is 69.7 Å². The Bertz CT molecular complexity index is 1330. The van der Waals surface area contributed by atoms with Crippen LogP contribution in [0.3, 0.4) is 0 Å². The fourth-order valence-electron chi connectivity index (χ4n) is 5.67. The molecule has 2 heterocycles. The smallest absolute Gasteiger partial charge is 0.241 e. The Morgan fingerprint density at radius 1 is 0.846 bits per heavy atom. The number of halogens is 2. The molecule has 39 heavy (non-hydrogen) atoms. The van der Waals surface area contributed by atoms with Gasteiger partial charge in [-0.25, -0.2) is 13.1 Å². The first kappa shape index (κ1) is 29.7. The first-order valence-electron chi connectivity index (χ1n) is 13.2. The molecule has 0 saturated carbocycles. The van der Waals surface area contributed by atoms with Crippen molar-refractivity contribution in [3.63, 3.8) is 0 Å². The minimum Gasteiger partial charge on any atom is -0.338 e. The molecule has 208 valence electrons. The predicted molar refractivity (Wildman–Crippen MR) is 160 cm³/mol. The van der Waals surface area contributed by atoms with Crippen molar-refractivity contribution in [1.29, 1.82) is 0 Å². The van der Waals surface area contributed by atoms with Gasteiger partial charge in [-0.2, -0.15) is 0 Å². The van der Waals surface area contributed by atoms with E-state index < -0.39 is 10.0 Å². The van der Waals surface area contributed by atoms with Crippen LogP contribution in [0.5, 0.6) is 0 Å². The van der Waals surface area contributed by atoms with Gasteiger partial charge in [0.25, 0.3) is 0 Å². The van der Waals surface area contributed by atoms with Crippen LogP contribution in [0.15, 0.2) is 94.3 Å². The lowest BCUT2D eigenvalue weighted by Crippen LogP contribution is -2.45. The third kappa shape index (κ3) is 7.11. The van der Waals surface area contributed by atoms with Crippen LogP contribution >= 0.6 is 28.3 Å². The van der Waals surface area contributed by atoms with Crippen LogP contribution in [-0.2, 0) is 21.4 Å². The van der Waals surface area contributed by atoms with E-state index in [-0.39, 0.29) is 34.7 Å². The van der Waals surface area contributed by atoms with Gasteiger partial charge in [0.15, 0.2) is 0 Å². The van der Waals surface area contributed by atoms with Gasteiger partial charge in [0.2, 0.25) is 15.9 Å². The molecule has 5 rings (SSSR count). The number of sulfonamides is 1. The highest BCUT2D eigenvalue weighted by atomic mass is 79.9. The lowest BCUT2D eigenvalue weighted by Gasteiger charge is -2.38. The highest BCUT2D eigenvalue weighted by Gasteiger charge is 2.47. The van der Waals surface area contributed by atoms with Crippen molar-refractivity contribution < 1.29 is 13.2 Å². The summed E-state index contributed by atoms with van der Waals surface area (Å²) in [6.45, 7) is 3.95. The molecule has 2 aliphatic rings. The zero-order valence-electron chi connectivity index (χ0n) is 21.8. The quantitative estimate of drug-likeness (QED) is 0.324. The number of benzene rings is 3. The van der Waals surface area contributed by atoms with Crippen LogP contribution in [-0.4, -0.2) is 50.3 Å². The highest BCUT2D eigenvalue weighted by molar-refractivity contribution is 9.10. The van der Waals surface area contributed by atoms with Gasteiger partial charge in [0.1, 0.15) is 0 Å². The van der Waals surface area contributed by atoms with E-state index in [4.69, 9.17) is 0 Å². The molecule has 2 saturated heterocycles. The number of carbonyl (C=O) groups is 1. The van der Waals surface area contributed by atoms with Gasteiger partial charge >= 0.3 is 0 Å². The summed E-state index contributed by atoms with van der Waals surface area (Å²) >= 11 is 3.47. The van der Waals surface area contributed by atoms with E-state index in [1.165, 1.54) is 0 Å². The Kier molecular flexibility index (Phi) is 9.88. The molecule has 2 aliphatic heterocycles. The van der Waals surface area contributed by atoms with Gasteiger partial charge in [-0.3, -0.25) is 4.79 Å². The average molecular weight is 633 g/mol. The lowest BCUT2D eigenvalue weighted by molar-refractivity contribution is -0.138. The van der Waals surface area contributed by atoms with E-state index >= 15 is 0 Å². The van der Waals surface area contributed by atoms with E-state index in [2.05, 4.69) is 37.7 Å². The van der Waals surface area contributed by atoms with Crippen LogP contribution in [0.1, 0.15) is 42.9 Å². The second-order valence-corrected chi connectivity index (χ2v) is 13.0. The first-order chi connectivity index (χ1) is 18.3. The molecule has 0 radical (unpaired) electrons. The van der Waals surface area contributed by atoms with E-state index in [0.29, 0.717) is 13.0 Å². The summed E-state index contributed by atoms with van der Waals surface area (Å²) in [5.41, 5.74) is 1.86. The lowest BCUT2D eigenvalue weighted by atomic mass is 9.77. The Morgan fingerprint density at radius 2 is 1.44 bits per heavy atom. The van der Waals surface area contributed by atoms with Crippen molar-refractivity contribution in [2.24, 2.45) is 5.41 Å². The average Bonchev–Trinajstić information content (AvgIpc) is 3.24. The van der Waals surface area contributed by atoms with Crippen molar-refractivity contribution in [3.05, 3.63) is 101 Å². The molecule has 0 aliphatic carbocycles. The second kappa shape index (κ2) is 13.0. The van der Waals surface area contributed by atoms with Crippen LogP contribution in [0, 0.1) is 5.41 Å². The molecule has 2 fully saturated rings. The summed E-state index contributed by atoms with van der Waals surface area (Å²) in [6.07, 6.45) is 3.29. The maximum atomic E-state index is 13.4. The number of hydrogen-bond acceptors (Lipinski definition) is 4. The summed E-state index contributed by atoms with van der Waals surface area (Å²) in [4.78, 5) is 18.1. The molecule has 1 N–H and O–H groups in total. The van der Waals surface area contributed by atoms with Gasteiger partial charge in [-0.15, -0.1) is 12.4 Å². The second-order valence-electron chi connectivity index (χ2n) is 10.4. The summed E-state index contributed by atoms with van der Waals surface area (Å²) < 4.78 is 30.1. The van der Waals surface area contributed by atoms with E-state index in [1.807, 2.05) is 53.4 Å². The van der Waals surface area contributed by atoms with Crippen molar-refractivity contribution >= 4 is 44.3 Å². The molecule has 9 heteroatoms. The van der Waals surface area contributed by atoms with Gasteiger partial charge in [0, 0.05) is 23.6 Å². The number of rotatable bonds is 9. The van der Waals surface area contributed by atoms with Gasteiger partial charge < -0.3 is 9.80 Å². The highest BCUT2D eigenvalue weighted by Crippen LogP contribution is 2.42. The molecule has 0 bridgehead atoms. The number of nitrogens with one attached hydrogen (secondary N) is 1. The molecule has 3 aromatic carbocycles. The zero-order valence-corrected chi connectivity index (χ0v) is 25.1. The number of likely N-dealkylation sites (tertiary alicyclic amines) is 2. The SMILES string of the molecule is Cl.O=C1N(Cc2ccc(Br)cc2)CCC12CCN(CCC(NS(=O)(=O)c1ccccc1)c1ccccc1)CC2. The maximum Gasteiger partial charge on any atom is 0.241 e. The maximum absolute atomic E-state index is 13.4. The minimum absolute atomic E-state index is 0. The molecule has 1 spiro atoms. The largest absolute Gasteiger partial charge is 0.338 e. The monoisotopic (exact) mass is 631 g/mol. The number of carbonyl (C=O) groups excluding carboxylic acids is 1. The van der Waals surface area contributed by atoms with Crippen LogP contribution in [0.25, 0.3) is 0 Å². The van der Waals surface area contributed by atoms with E-state index in [9.17, 15) is 13.2 Å². The van der Waals surface area contributed by atoms with E-state index in [1.54, 1.807) is 24.3 Å². The number of amides is 1. The van der Waals surface area contributed by atoms with E-state index in [0.717, 1.165) is 61.0 Å². The van der Waals surface area contributed by atoms with Gasteiger partial charge in [-0.05, 0) is 80.7 Å². The molecule has 1 atom stereocenters. The molecule has 3 aromatic rings. The van der Waals surface area contributed by atoms with Crippen LogP contribution < -0.4 is 4.72 Å². The third-order valence-electron chi connectivity index (χ3n) is 7.99. The fraction of sp³-hybridized carbons (Fsp3) is 0.367. The molecule has 1 amide bonds. The van der Waals surface area contributed by atoms with Crippen molar-refractivity contribution in [1.82, 2.24) is 14.5 Å². The molecule has 0 aromatic heterocycles.